The third kappa shape index (κ3) is 1.69. The summed E-state index contributed by atoms with van der Waals surface area (Å²) in [5, 5.41) is 9.29. The van der Waals surface area contributed by atoms with E-state index in [4.69, 9.17) is 5.73 Å². The molecule has 3 N–H and O–H groups in total. The number of hydrogen-bond donors (Lipinski definition) is 2. The predicted molar refractivity (Wildman–Crippen MR) is 73.7 cm³/mol. The van der Waals surface area contributed by atoms with Gasteiger partial charge in [0, 0.05) is 35.3 Å². The molecule has 0 aliphatic rings. The van der Waals surface area contributed by atoms with Gasteiger partial charge in [0.25, 0.3) is 5.56 Å². The first-order valence-electron chi connectivity index (χ1n) is 5.85. The van der Waals surface area contributed by atoms with Gasteiger partial charge in [-0.3, -0.25) is 4.79 Å². The fourth-order valence-electron chi connectivity index (χ4n) is 2.32. The van der Waals surface area contributed by atoms with Gasteiger partial charge in [0.1, 0.15) is 0 Å². The quantitative estimate of drug-likeness (QED) is 0.640. The van der Waals surface area contributed by atoms with Crippen LogP contribution < -0.4 is 11.3 Å². The standard InChI is InChI=1S/C13H13N5O/c1-7-12(18(2)17-16-7)8-5-10-9(11(14)6-8)3-4-15-13(10)19/h3-6H,14H2,1-2H3,(H,15,19). The molecule has 19 heavy (non-hydrogen) atoms. The second-order valence-electron chi connectivity index (χ2n) is 4.48. The van der Waals surface area contributed by atoms with E-state index in [1.807, 2.05) is 26.1 Å². The first-order chi connectivity index (χ1) is 9.08. The maximum atomic E-state index is 11.9. The number of benzene rings is 1. The fourth-order valence-corrected chi connectivity index (χ4v) is 2.32. The van der Waals surface area contributed by atoms with Gasteiger partial charge in [-0.25, -0.2) is 4.68 Å². The van der Waals surface area contributed by atoms with Gasteiger partial charge >= 0.3 is 0 Å². The zero-order valence-corrected chi connectivity index (χ0v) is 10.6. The molecule has 0 amide bonds. The van der Waals surface area contributed by atoms with Crippen LogP contribution in [0.1, 0.15) is 5.69 Å². The molecule has 0 atom stereocenters. The lowest BCUT2D eigenvalue weighted by Crippen LogP contribution is -2.06. The summed E-state index contributed by atoms with van der Waals surface area (Å²) in [7, 11) is 1.81. The maximum absolute atomic E-state index is 11.9. The van der Waals surface area contributed by atoms with E-state index in [1.54, 1.807) is 16.9 Å². The molecule has 0 unspecified atom stereocenters. The molecule has 0 saturated carbocycles. The molecule has 0 saturated heterocycles. The molecule has 2 aromatic heterocycles. The zero-order chi connectivity index (χ0) is 13.6. The van der Waals surface area contributed by atoms with Gasteiger partial charge in [-0.15, -0.1) is 5.10 Å². The number of anilines is 1. The molecule has 2 heterocycles. The second-order valence-corrected chi connectivity index (χ2v) is 4.48. The Balaban J connectivity index is 2.39. The number of H-pyrrole nitrogens is 1. The molecule has 6 nitrogen and oxygen atoms in total. The van der Waals surface area contributed by atoms with Gasteiger partial charge in [-0.05, 0) is 25.1 Å². The van der Waals surface area contributed by atoms with E-state index in [2.05, 4.69) is 15.3 Å². The number of fused-ring (bicyclic) bond motifs is 1. The Hall–Kier alpha value is -2.63. The first-order valence-corrected chi connectivity index (χ1v) is 5.85. The molecule has 3 aromatic rings. The number of aromatic amines is 1. The van der Waals surface area contributed by atoms with Crippen molar-refractivity contribution in [2.45, 2.75) is 6.92 Å². The molecule has 0 aliphatic heterocycles. The van der Waals surface area contributed by atoms with Gasteiger partial charge < -0.3 is 10.7 Å². The SMILES string of the molecule is Cc1nnn(C)c1-c1cc(N)c2cc[nH]c(=O)c2c1. The number of nitrogens with zero attached hydrogens (tertiary/aromatic N) is 3. The minimum atomic E-state index is -0.154. The highest BCUT2D eigenvalue weighted by Gasteiger charge is 2.12. The van der Waals surface area contributed by atoms with Gasteiger partial charge in [-0.1, -0.05) is 5.21 Å². The van der Waals surface area contributed by atoms with Crippen molar-refractivity contribution in [3.63, 3.8) is 0 Å². The Bertz CT molecular complexity index is 811. The van der Waals surface area contributed by atoms with Crippen LogP contribution in [0.25, 0.3) is 22.0 Å². The average molecular weight is 255 g/mol. The monoisotopic (exact) mass is 255 g/mol. The predicted octanol–water partition coefficient (Wildman–Crippen LogP) is 1.21. The fraction of sp³-hybridized carbons (Fsp3) is 0.154. The van der Waals surface area contributed by atoms with E-state index in [9.17, 15) is 4.79 Å². The van der Waals surface area contributed by atoms with Crippen molar-refractivity contribution >= 4 is 16.5 Å². The molecule has 1 aromatic carbocycles. The summed E-state index contributed by atoms with van der Waals surface area (Å²) >= 11 is 0. The van der Waals surface area contributed by atoms with Crippen molar-refractivity contribution in [1.29, 1.82) is 0 Å². The summed E-state index contributed by atoms with van der Waals surface area (Å²) in [5.41, 5.74) is 8.94. The average Bonchev–Trinajstić information content (AvgIpc) is 2.70. The van der Waals surface area contributed by atoms with Gasteiger partial charge in [0.15, 0.2) is 0 Å². The normalized spacial score (nSPS) is 11.1. The molecule has 0 radical (unpaired) electrons. The lowest BCUT2D eigenvalue weighted by molar-refractivity contribution is 0.719. The highest BCUT2D eigenvalue weighted by molar-refractivity contribution is 5.95. The Morgan fingerprint density at radius 1 is 1.32 bits per heavy atom. The number of nitrogens with two attached hydrogens (primary N) is 1. The summed E-state index contributed by atoms with van der Waals surface area (Å²) in [5.74, 6) is 0. The topological polar surface area (TPSA) is 89.6 Å². The van der Waals surface area contributed by atoms with E-state index in [0.717, 1.165) is 22.3 Å². The summed E-state index contributed by atoms with van der Waals surface area (Å²) in [6.45, 7) is 1.87. The summed E-state index contributed by atoms with van der Waals surface area (Å²) in [6, 6.07) is 5.45. The van der Waals surface area contributed by atoms with E-state index in [1.165, 1.54) is 0 Å². The third-order valence-electron chi connectivity index (χ3n) is 3.19. The van der Waals surface area contributed by atoms with Crippen LogP contribution in [0, 0.1) is 6.92 Å². The van der Waals surface area contributed by atoms with Crippen LogP contribution in [0.5, 0.6) is 0 Å². The van der Waals surface area contributed by atoms with Gasteiger partial charge in [0.2, 0.25) is 0 Å². The van der Waals surface area contributed by atoms with Crippen LogP contribution in [-0.2, 0) is 7.05 Å². The second kappa shape index (κ2) is 3.94. The van der Waals surface area contributed by atoms with Crippen LogP contribution in [-0.4, -0.2) is 20.0 Å². The highest BCUT2D eigenvalue weighted by Crippen LogP contribution is 2.28. The highest BCUT2D eigenvalue weighted by atomic mass is 16.1. The summed E-state index contributed by atoms with van der Waals surface area (Å²) < 4.78 is 1.67. The minimum absolute atomic E-state index is 0.154. The van der Waals surface area contributed by atoms with Crippen molar-refractivity contribution in [2.75, 3.05) is 5.73 Å². The number of hydrogen-bond acceptors (Lipinski definition) is 4. The van der Waals surface area contributed by atoms with E-state index in [0.29, 0.717) is 11.1 Å². The van der Waals surface area contributed by atoms with Crippen molar-refractivity contribution in [1.82, 2.24) is 20.0 Å². The van der Waals surface area contributed by atoms with E-state index < -0.39 is 0 Å². The third-order valence-corrected chi connectivity index (χ3v) is 3.19. The Morgan fingerprint density at radius 3 is 2.79 bits per heavy atom. The van der Waals surface area contributed by atoms with E-state index in [-0.39, 0.29) is 5.56 Å². The van der Waals surface area contributed by atoms with Crippen molar-refractivity contribution in [3.05, 3.63) is 40.4 Å². The number of rotatable bonds is 1. The van der Waals surface area contributed by atoms with Crippen molar-refractivity contribution in [3.8, 4) is 11.3 Å². The van der Waals surface area contributed by atoms with Crippen LogP contribution in [0.15, 0.2) is 29.2 Å². The molecular formula is C13H13N5O. The van der Waals surface area contributed by atoms with Gasteiger partial charge in [0.05, 0.1) is 11.4 Å². The molecule has 0 bridgehead atoms. The molecule has 6 heteroatoms. The Labute approximate surface area is 108 Å². The maximum Gasteiger partial charge on any atom is 0.255 e. The van der Waals surface area contributed by atoms with Crippen molar-refractivity contribution < 1.29 is 0 Å². The van der Waals surface area contributed by atoms with Crippen LogP contribution >= 0.6 is 0 Å². The molecule has 0 fully saturated rings. The molecule has 96 valence electrons. The van der Waals surface area contributed by atoms with Crippen molar-refractivity contribution in [2.24, 2.45) is 7.05 Å². The summed E-state index contributed by atoms with van der Waals surface area (Å²) in [6.07, 6.45) is 1.59. The number of nitrogen functional groups attached to an aromatic ring is 1. The molecule has 3 rings (SSSR count). The smallest absolute Gasteiger partial charge is 0.255 e. The lowest BCUT2D eigenvalue weighted by atomic mass is 10.0. The zero-order valence-electron chi connectivity index (χ0n) is 10.6. The lowest BCUT2D eigenvalue weighted by Gasteiger charge is -2.07. The van der Waals surface area contributed by atoms with Crippen LogP contribution in [0.3, 0.4) is 0 Å². The van der Waals surface area contributed by atoms with Crippen LogP contribution in [0.2, 0.25) is 0 Å². The minimum Gasteiger partial charge on any atom is -0.398 e. The first kappa shape index (κ1) is 11.5. The molecule has 0 aliphatic carbocycles. The number of nitrogens with one attached hydrogen (secondary N) is 1. The largest absolute Gasteiger partial charge is 0.398 e. The molecule has 0 spiro atoms. The number of aromatic nitrogens is 4. The molecular weight excluding hydrogens is 242 g/mol. The van der Waals surface area contributed by atoms with E-state index >= 15 is 0 Å². The van der Waals surface area contributed by atoms with Gasteiger partial charge in [-0.2, -0.15) is 0 Å². The number of pyridine rings is 1. The number of aryl methyl sites for hydroxylation is 2. The Morgan fingerprint density at radius 2 is 2.11 bits per heavy atom. The van der Waals surface area contributed by atoms with Crippen LogP contribution in [0.4, 0.5) is 5.69 Å². The summed E-state index contributed by atoms with van der Waals surface area (Å²) in [4.78, 5) is 14.5. The Kier molecular flexibility index (Phi) is 2.38.